The van der Waals surface area contributed by atoms with Crippen molar-refractivity contribution in [2.24, 2.45) is 0 Å². The molecule has 1 aliphatic heterocycles. The second-order valence-corrected chi connectivity index (χ2v) is 6.60. The highest BCUT2D eigenvalue weighted by molar-refractivity contribution is 7.99. The molecule has 1 fully saturated rings. The Morgan fingerprint density at radius 2 is 1.96 bits per heavy atom. The summed E-state index contributed by atoms with van der Waals surface area (Å²) in [6.07, 6.45) is 3.48. The minimum Gasteiger partial charge on any atom is -0.475 e. The maximum Gasteiger partial charge on any atom is 0.173 e. The number of hydrogen-bond donors (Lipinski definition) is 3. The monoisotopic (exact) mass is 334 g/mol. The Morgan fingerprint density at radius 1 is 1.13 bits per heavy atom. The number of hydrogen-bond acceptors (Lipinski definition) is 7. The Bertz CT molecular complexity index is 685. The molecule has 0 aliphatic carbocycles. The Hall–Kier alpha value is -1.67. The molecule has 4 atom stereocenters. The third kappa shape index (κ3) is 3.48. The van der Waals surface area contributed by atoms with Crippen LogP contribution in [0.4, 0.5) is 0 Å². The molecule has 2 aromatic heterocycles. The minimum atomic E-state index is -1.21. The molecule has 3 N–H and O–H groups in total. The van der Waals surface area contributed by atoms with Gasteiger partial charge in [-0.05, 0) is 30.2 Å². The van der Waals surface area contributed by atoms with Crippen LogP contribution in [0, 0.1) is 6.92 Å². The molecule has 3 rings (SSSR count). The number of aromatic nitrogens is 2. The van der Waals surface area contributed by atoms with Crippen LogP contribution in [0.3, 0.4) is 0 Å². The SMILES string of the molecule is Cc1cnccc1-c1cncc(O[C@H]2SC[C@@H](O)[C@H](O)[C@H]2O)c1. The van der Waals surface area contributed by atoms with Gasteiger partial charge in [-0.25, -0.2) is 0 Å². The number of ether oxygens (including phenoxy) is 1. The molecule has 0 saturated carbocycles. The summed E-state index contributed by atoms with van der Waals surface area (Å²) in [5, 5.41) is 29.3. The van der Waals surface area contributed by atoms with Crippen LogP contribution in [0.1, 0.15) is 5.56 Å². The Morgan fingerprint density at radius 3 is 2.74 bits per heavy atom. The van der Waals surface area contributed by atoms with E-state index in [2.05, 4.69) is 9.97 Å². The highest BCUT2D eigenvalue weighted by Crippen LogP contribution is 2.31. The molecular formula is C16H18N2O4S. The highest BCUT2D eigenvalue weighted by Gasteiger charge is 2.38. The van der Waals surface area contributed by atoms with E-state index in [0.717, 1.165) is 16.7 Å². The van der Waals surface area contributed by atoms with Crippen molar-refractivity contribution < 1.29 is 20.1 Å². The van der Waals surface area contributed by atoms with Crippen LogP contribution >= 0.6 is 11.8 Å². The van der Waals surface area contributed by atoms with Crippen molar-refractivity contribution in [3.8, 4) is 16.9 Å². The van der Waals surface area contributed by atoms with Gasteiger partial charge >= 0.3 is 0 Å². The number of nitrogens with zero attached hydrogens (tertiary/aromatic N) is 2. The van der Waals surface area contributed by atoms with Crippen LogP contribution in [0.15, 0.2) is 36.9 Å². The fourth-order valence-corrected chi connectivity index (χ4v) is 3.57. The summed E-state index contributed by atoms with van der Waals surface area (Å²) in [4.78, 5) is 8.25. The lowest BCUT2D eigenvalue weighted by molar-refractivity contribution is -0.0786. The zero-order chi connectivity index (χ0) is 16.4. The van der Waals surface area contributed by atoms with Gasteiger partial charge in [0.25, 0.3) is 0 Å². The summed E-state index contributed by atoms with van der Waals surface area (Å²) in [5.74, 6) is 0.804. The van der Waals surface area contributed by atoms with E-state index >= 15 is 0 Å². The normalized spacial score (nSPS) is 27.7. The second-order valence-electron chi connectivity index (χ2n) is 5.47. The van der Waals surface area contributed by atoms with Crippen molar-refractivity contribution in [1.29, 1.82) is 0 Å². The summed E-state index contributed by atoms with van der Waals surface area (Å²) < 4.78 is 5.75. The largest absolute Gasteiger partial charge is 0.475 e. The van der Waals surface area contributed by atoms with E-state index in [-0.39, 0.29) is 0 Å². The smallest absolute Gasteiger partial charge is 0.173 e. The molecule has 2 aromatic rings. The molecule has 6 nitrogen and oxygen atoms in total. The van der Waals surface area contributed by atoms with Gasteiger partial charge in [-0.3, -0.25) is 9.97 Å². The molecule has 0 spiro atoms. The molecule has 23 heavy (non-hydrogen) atoms. The van der Waals surface area contributed by atoms with Crippen LogP contribution in [0.2, 0.25) is 0 Å². The first-order valence-corrected chi connectivity index (χ1v) is 8.29. The molecular weight excluding hydrogens is 316 g/mol. The topological polar surface area (TPSA) is 95.7 Å². The molecule has 0 aromatic carbocycles. The lowest BCUT2D eigenvalue weighted by atomic mass is 10.0. The molecule has 7 heteroatoms. The molecule has 0 amide bonds. The van der Waals surface area contributed by atoms with Gasteiger partial charge in [0, 0.05) is 29.9 Å². The lowest BCUT2D eigenvalue weighted by Gasteiger charge is -2.34. The number of thioether (sulfide) groups is 1. The van der Waals surface area contributed by atoms with Crippen LogP contribution in [0.25, 0.3) is 11.1 Å². The minimum absolute atomic E-state index is 0.305. The maximum atomic E-state index is 10.0. The first-order chi connectivity index (χ1) is 11.1. The molecule has 3 heterocycles. The summed E-state index contributed by atoms with van der Waals surface area (Å²) in [6, 6.07) is 3.74. The third-order valence-corrected chi connectivity index (χ3v) is 4.99. The average molecular weight is 334 g/mol. The van der Waals surface area contributed by atoms with Crippen molar-refractivity contribution in [1.82, 2.24) is 9.97 Å². The zero-order valence-electron chi connectivity index (χ0n) is 12.5. The summed E-state index contributed by atoms with van der Waals surface area (Å²) in [5.41, 5.74) is 2.27. The number of aliphatic hydroxyl groups is 3. The van der Waals surface area contributed by atoms with E-state index in [9.17, 15) is 15.3 Å². The van der Waals surface area contributed by atoms with E-state index in [4.69, 9.17) is 4.74 Å². The standard InChI is InChI=1S/C16H18N2O4S/c1-9-5-17-3-2-12(9)10-4-11(7-18-6-10)22-16-15(21)14(20)13(19)8-23-16/h2-7,13-16,19-21H,8H2,1H3/t13-,14+,15-,16+/m1/s1. The zero-order valence-corrected chi connectivity index (χ0v) is 13.3. The van der Waals surface area contributed by atoms with Gasteiger partial charge in [0.05, 0.1) is 12.3 Å². The van der Waals surface area contributed by atoms with Crippen molar-refractivity contribution in [2.75, 3.05) is 5.75 Å². The molecule has 0 bridgehead atoms. The Balaban J connectivity index is 1.80. The van der Waals surface area contributed by atoms with E-state index in [1.807, 2.05) is 19.1 Å². The van der Waals surface area contributed by atoms with Gasteiger partial charge in [0.15, 0.2) is 5.44 Å². The quantitative estimate of drug-likeness (QED) is 0.770. The first-order valence-electron chi connectivity index (χ1n) is 7.25. The molecule has 0 radical (unpaired) electrons. The number of pyridine rings is 2. The lowest BCUT2D eigenvalue weighted by Crippen LogP contribution is -2.50. The average Bonchev–Trinajstić information content (AvgIpc) is 2.56. The van der Waals surface area contributed by atoms with Crippen LogP contribution in [-0.2, 0) is 0 Å². The highest BCUT2D eigenvalue weighted by atomic mass is 32.2. The molecule has 1 aliphatic rings. The first kappa shape index (κ1) is 16.2. The second kappa shape index (κ2) is 6.84. The molecule has 122 valence electrons. The Kier molecular flexibility index (Phi) is 4.82. The predicted molar refractivity (Wildman–Crippen MR) is 87.1 cm³/mol. The number of aryl methyl sites for hydroxylation is 1. The van der Waals surface area contributed by atoms with E-state index < -0.39 is 23.7 Å². The van der Waals surface area contributed by atoms with Crippen LogP contribution < -0.4 is 4.74 Å². The Labute approximate surface area is 138 Å². The maximum absolute atomic E-state index is 10.0. The van der Waals surface area contributed by atoms with Crippen molar-refractivity contribution in [2.45, 2.75) is 30.7 Å². The predicted octanol–water partition coefficient (Wildman–Crippen LogP) is 0.986. The van der Waals surface area contributed by atoms with Gasteiger partial charge in [-0.15, -0.1) is 11.8 Å². The van der Waals surface area contributed by atoms with Crippen LogP contribution in [0.5, 0.6) is 5.75 Å². The number of rotatable bonds is 3. The molecule has 0 unspecified atom stereocenters. The van der Waals surface area contributed by atoms with Crippen LogP contribution in [-0.4, -0.2) is 54.8 Å². The van der Waals surface area contributed by atoms with Crippen molar-refractivity contribution in [3.63, 3.8) is 0 Å². The van der Waals surface area contributed by atoms with Gasteiger partial charge < -0.3 is 20.1 Å². The third-order valence-electron chi connectivity index (χ3n) is 3.75. The van der Waals surface area contributed by atoms with Gasteiger partial charge in [-0.1, -0.05) is 0 Å². The van der Waals surface area contributed by atoms with E-state index in [1.54, 1.807) is 24.8 Å². The van der Waals surface area contributed by atoms with Gasteiger partial charge in [0.1, 0.15) is 18.0 Å². The van der Waals surface area contributed by atoms with Gasteiger partial charge in [-0.2, -0.15) is 0 Å². The van der Waals surface area contributed by atoms with E-state index in [0.29, 0.717) is 11.5 Å². The van der Waals surface area contributed by atoms with E-state index in [1.165, 1.54) is 11.8 Å². The number of aliphatic hydroxyl groups excluding tert-OH is 3. The fourth-order valence-electron chi connectivity index (χ4n) is 2.44. The van der Waals surface area contributed by atoms with Crippen molar-refractivity contribution >= 4 is 11.8 Å². The van der Waals surface area contributed by atoms with Crippen molar-refractivity contribution in [3.05, 3.63) is 42.5 Å². The summed E-state index contributed by atoms with van der Waals surface area (Å²) >= 11 is 1.26. The fraction of sp³-hybridized carbons (Fsp3) is 0.375. The van der Waals surface area contributed by atoms with Gasteiger partial charge in [0.2, 0.25) is 0 Å². The summed E-state index contributed by atoms with van der Waals surface area (Å²) in [6.45, 7) is 1.97. The molecule has 1 saturated heterocycles. The summed E-state index contributed by atoms with van der Waals surface area (Å²) in [7, 11) is 0.